The van der Waals surface area contributed by atoms with E-state index >= 15 is 0 Å². The maximum Gasteiger partial charge on any atom is 0.300 e. The third-order valence-corrected chi connectivity index (χ3v) is 4.35. The highest BCUT2D eigenvalue weighted by atomic mass is 16.6. The Morgan fingerprint density at radius 3 is 2.83 bits per heavy atom. The van der Waals surface area contributed by atoms with Gasteiger partial charge in [0, 0.05) is 38.1 Å². The largest absolute Gasteiger partial charge is 0.347 e. The van der Waals surface area contributed by atoms with Crippen LogP contribution >= 0.6 is 0 Å². The van der Waals surface area contributed by atoms with Crippen molar-refractivity contribution in [3.8, 4) is 0 Å². The number of fused-ring (bicyclic) bond motifs is 1. The van der Waals surface area contributed by atoms with Gasteiger partial charge in [0.15, 0.2) is 5.82 Å². The lowest BCUT2D eigenvalue weighted by molar-refractivity contribution is -0.433. The van der Waals surface area contributed by atoms with Gasteiger partial charge in [0.05, 0.1) is 18.1 Å². The molecule has 0 N–H and O–H groups in total. The third-order valence-electron chi connectivity index (χ3n) is 4.35. The summed E-state index contributed by atoms with van der Waals surface area (Å²) in [4.78, 5) is 22.1. The van der Waals surface area contributed by atoms with Crippen molar-refractivity contribution in [1.82, 2.24) is 19.7 Å². The van der Waals surface area contributed by atoms with Gasteiger partial charge in [-0.15, -0.1) is 0 Å². The van der Waals surface area contributed by atoms with Gasteiger partial charge in [0.1, 0.15) is 0 Å². The lowest BCUT2D eigenvalue weighted by atomic mass is 10.2. The molecule has 1 aromatic rings. The second kappa shape index (κ2) is 6.54. The molecule has 0 radical (unpaired) electrons. The molecule has 3 heterocycles. The summed E-state index contributed by atoms with van der Waals surface area (Å²) in [6, 6.07) is 4.03. The first-order valence-corrected chi connectivity index (χ1v) is 8.09. The number of aryl methyl sites for hydroxylation is 1. The number of nitro groups is 1. The van der Waals surface area contributed by atoms with Crippen LogP contribution in [0.3, 0.4) is 0 Å². The van der Waals surface area contributed by atoms with Crippen molar-refractivity contribution in [3.05, 3.63) is 51.2 Å². The van der Waals surface area contributed by atoms with Gasteiger partial charge in [-0.05, 0) is 25.0 Å². The fourth-order valence-corrected chi connectivity index (χ4v) is 3.30. The molecule has 7 heteroatoms. The fourth-order valence-electron chi connectivity index (χ4n) is 3.30. The first-order valence-electron chi connectivity index (χ1n) is 8.09. The number of aromatic nitrogens is 1. The topological polar surface area (TPSA) is 65.8 Å². The zero-order valence-corrected chi connectivity index (χ0v) is 13.7. The number of nitrogens with zero attached hydrogens (tertiary/aromatic N) is 5. The average Bonchev–Trinajstić information content (AvgIpc) is 2.92. The summed E-state index contributed by atoms with van der Waals surface area (Å²) in [6.07, 6.45) is 2.86. The lowest BCUT2D eigenvalue weighted by Crippen LogP contribution is -2.45. The van der Waals surface area contributed by atoms with E-state index in [9.17, 15) is 10.1 Å². The molecular formula is C16H23N5O2. The van der Waals surface area contributed by atoms with Crippen LogP contribution in [0.5, 0.6) is 0 Å². The molecule has 0 unspecified atom stereocenters. The second-order valence-corrected chi connectivity index (χ2v) is 6.21. The van der Waals surface area contributed by atoms with Gasteiger partial charge in [0.2, 0.25) is 0 Å². The van der Waals surface area contributed by atoms with E-state index in [0.29, 0.717) is 18.8 Å². The van der Waals surface area contributed by atoms with Gasteiger partial charge in [-0.3, -0.25) is 20.0 Å². The monoisotopic (exact) mass is 317 g/mol. The number of hydrogen-bond acceptors (Lipinski definition) is 6. The molecule has 3 rings (SSSR count). The van der Waals surface area contributed by atoms with Crippen LogP contribution in [-0.2, 0) is 6.54 Å². The summed E-state index contributed by atoms with van der Waals surface area (Å²) in [5, 5.41) is 11.5. The molecule has 0 amide bonds. The summed E-state index contributed by atoms with van der Waals surface area (Å²) in [6.45, 7) is 8.49. The number of rotatable bonds is 5. The first kappa shape index (κ1) is 15.7. The quantitative estimate of drug-likeness (QED) is 0.607. The molecule has 7 nitrogen and oxygen atoms in total. The summed E-state index contributed by atoms with van der Waals surface area (Å²) in [5.41, 5.74) is 2.39. The molecule has 1 fully saturated rings. The van der Waals surface area contributed by atoms with E-state index in [1.165, 1.54) is 0 Å². The van der Waals surface area contributed by atoms with E-state index in [1.54, 1.807) is 0 Å². The summed E-state index contributed by atoms with van der Waals surface area (Å²) >= 11 is 0. The highest BCUT2D eigenvalue weighted by Gasteiger charge is 2.38. The van der Waals surface area contributed by atoms with E-state index in [0.717, 1.165) is 49.8 Å². The summed E-state index contributed by atoms with van der Waals surface area (Å²) in [5.74, 6) is 0.794. The standard InChI is InChI=1S/C16H23N5O2/c1-3-6-18-11-15(21(22)23)16-19(7-8-20(16)12-18)10-14-5-4-13(2)17-9-14/h4-5,9H,3,6-8,10-12H2,1-2H3. The van der Waals surface area contributed by atoms with Crippen LogP contribution in [0.4, 0.5) is 0 Å². The smallest absolute Gasteiger partial charge is 0.300 e. The minimum absolute atomic E-state index is 0.212. The third kappa shape index (κ3) is 3.29. The highest BCUT2D eigenvalue weighted by molar-refractivity contribution is 5.19. The molecule has 0 atom stereocenters. The van der Waals surface area contributed by atoms with Crippen molar-refractivity contribution >= 4 is 0 Å². The molecule has 2 aliphatic rings. The Morgan fingerprint density at radius 1 is 1.35 bits per heavy atom. The summed E-state index contributed by atoms with van der Waals surface area (Å²) < 4.78 is 0. The molecule has 0 saturated carbocycles. The Bertz CT molecular complexity index is 613. The van der Waals surface area contributed by atoms with Crippen LogP contribution in [0, 0.1) is 17.0 Å². The lowest BCUT2D eigenvalue weighted by Gasteiger charge is -2.34. The van der Waals surface area contributed by atoms with Gasteiger partial charge in [0.25, 0.3) is 5.70 Å². The second-order valence-electron chi connectivity index (χ2n) is 6.21. The van der Waals surface area contributed by atoms with Crippen molar-refractivity contribution < 1.29 is 4.92 Å². The van der Waals surface area contributed by atoms with Gasteiger partial charge in [-0.25, -0.2) is 0 Å². The fraction of sp³-hybridized carbons (Fsp3) is 0.562. The minimum Gasteiger partial charge on any atom is -0.347 e. The van der Waals surface area contributed by atoms with Crippen LogP contribution in [0.2, 0.25) is 0 Å². The van der Waals surface area contributed by atoms with Gasteiger partial charge < -0.3 is 9.80 Å². The van der Waals surface area contributed by atoms with E-state index in [4.69, 9.17) is 0 Å². The van der Waals surface area contributed by atoms with Gasteiger partial charge >= 0.3 is 0 Å². The van der Waals surface area contributed by atoms with Crippen molar-refractivity contribution in [1.29, 1.82) is 0 Å². The van der Waals surface area contributed by atoms with Crippen molar-refractivity contribution in [2.45, 2.75) is 26.8 Å². The molecular weight excluding hydrogens is 294 g/mol. The van der Waals surface area contributed by atoms with Crippen LogP contribution < -0.4 is 0 Å². The van der Waals surface area contributed by atoms with Crippen molar-refractivity contribution in [3.63, 3.8) is 0 Å². The molecule has 0 spiro atoms. The zero-order valence-electron chi connectivity index (χ0n) is 13.7. The summed E-state index contributed by atoms with van der Waals surface area (Å²) in [7, 11) is 0. The van der Waals surface area contributed by atoms with Crippen molar-refractivity contribution in [2.75, 3.05) is 32.8 Å². The van der Waals surface area contributed by atoms with Crippen molar-refractivity contribution in [2.24, 2.45) is 0 Å². The van der Waals surface area contributed by atoms with Crippen LogP contribution in [0.25, 0.3) is 0 Å². The van der Waals surface area contributed by atoms with E-state index < -0.39 is 0 Å². The first-order chi connectivity index (χ1) is 11.1. The molecule has 124 valence electrons. The number of hydrogen-bond donors (Lipinski definition) is 0. The Balaban J connectivity index is 1.84. The normalized spacial score (nSPS) is 18.5. The minimum atomic E-state index is -0.212. The molecule has 2 aliphatic heterocycles. The van der Waals surface area contributed by atoms with E-state index in [1.807, 2.05) is 25.3 Å². The maximum atomic E-state index is 11.5. The van der Waals surface area contributed by atoms with Crippen LogP contribution in [0.1, 0.15) is 24.6 Å². The van der Waals surface area contributed by atoms with Gasteiger partial charge in [-0.1, -0.05) is 13.0 Å². The Labute approximate surface area is 136 Å². The Hall–Kier alpha value is -2.15. The molecule has 23 heavy (non-hydrogen) atoms. The maximum absolute atomic E-state index is 11.5. The predicted molar refractivity (Wildman–Crippen MR) is 86.8 cm³/mol. The molecule has 0 bridgehead atoms. The van der Waals surface area contributed by atoms with E-state index in [2.05, 4.69) is 26.6 Å². The van der Waals surface area contributed by atoms with Crippen LogP contribution in [-0.4, -0.2) is 57.5 Å². The molecule has 0 aliphatic carbocycles. The zero-order chi connectivity index (χ0) is 16.4. The average molecular weight is 317 g/mol. The molecule has 0 aromatic carbocycles. The molecule has 1 saturated heterocycles. The Morgan fingerprint density at radius 2 is 2.17 bits per heavy atom. The van der Waals surface area contributed by atoms with Gasteiger partial charge in [-0.2, -0.15) is 0 Å². The Kier molecular flexibility index (Phi) is 4.47. The SMILES string of the molecule is CCCN1CC([N+](=O)[O-])=C2N(Cc3ccc(C)nc3)CCN2C1. The highest BCUT2D eigenvalue weighted by Crippen LogP contribution is 2.28. The number of pyridine rings is 1. The van der Waals surface area contributed by atoms with E-state index in [-0.39, 0.29) is 4.92 Å². The predicted octanol–water partition coefficient (Wildman–Crippen LogP) is 1.64. The molecule has 1 aromatic heterocycles. The van der Waals surface area contributed by atoms with Crippen LogP contribution in [0.15, 0.2) is 29.8 Å².